The summed E-state index contributed by atoms with van der Waals surface area (Å²) < 4.78 is 0. The van der Waals surface area contributed by atoms with Crippen LogP contribution in [0.2, 0.25) is 0 Å². The molecule has 2 rings (SSSR count). The van der Waals surface area contributed by atoms with Crippen LogP contribution >= 0.6 is 11.8 Å². The number of imide groups is 1. The highest BCUT2D eigenvalue weighted by atomic mass is 32.2. The van der Waals surface area contributed by atoms with E-state index in [0.29, 0.717) is 5.01 Å². The quantitative estimate of drug-likeness (QED) is 0.601. The third kappa shape index (κ3) is 3.26. The van der Waals surface area contributed by atoms with Crippen LogP contribution in [-0.2, 0) is 9.59 Å². The molecule has 0 radical (unpaired) electrons. The van der Waals surface area contributed by atoms with Gasteiger partial charge in [-0.05, 0) is 12.1 Å². The number of carboxylic acid groups (broad SMARTS) is 2. The van der Waals surface area contributed by atoms with Gasteiger partial charge in [-0.25, -0.2) is 10.4 Å². The lowest BCUT2D eigenvalue weighted by atomic mass is 10.1. The molecule has 1 atom stereocenters. The molecule has 0 fully saturated rings. The van der Waals surface area contributed by atoms with E-state index in [1.807, 2.05) is 0 Å². The van der Waals surface area contributed by atoms with E-state index in [0.717, 1.165) is 11.8 Å². The summed E-state index contributed by atoms with van der Waals surface area (Å²) in [5.74, 6) is -3.99. The monoisotopic (exact) mass is 324 g/mol. The second-order valence-corrected chi connectivity index (χ2v) is 5.45. The number of nitrogens with zero attached hydrogens (tertiary/aromatic N) is 1. The van der Waals surface area contributed by atoms with Crippen LogP contribution in [0.1, 0.15) is 20.7 Å². The van der Waals surface area contributed by atoms with Gasteiger partial charge in [0, 0.05) is 5.75 Å². The minimum absolute atomic E-state index is 0.102. The highest BCUT2D eigenvalue weighted by molar-refractivity contribution is 8.00. The van der Waals surface area contributed by atoms with E-state index in [1.165, 1.54) is 12.1 Å². The van der Waals surface area contributed by atoms with E-state index >= 15 is 0 Å². The summed E-state index contributed by atoms with van der Waals surface area (Å²) in [6.45, 7) is 0. The van der Waals surface area contributed by atoms with Gasteiger partial charge in [-0.3, -0.25) is 19.2 Å². The summed E-state index contributed by atoms with van der Waals surface area (Å²) in [5, 5.41) is 18.3. The van der Waals surface area contributed by atoms with E-state index in [4.69, 9.17) is 10.2 Å². The fourth-order valence-electron chi connectivity index (χ4n) is 1.89. The van der Waals surface area contributed by atoms with Crippen LogP contribution in [0.5, 0.6) is 0 Å². The molecule has 1 aromatic rings. The lowest BCUT2D eigenvalue weighted by Crippen LogP contribution is -2.52. The van der Waals surface area contributed by atoms with Crippen molar-refractivity contribution in [1.29, 1.82) is 0 Å². The lowest BCUT2D eigenvalue weighted by molar-refractivity contribution is -0.139. The lowest BCUT2D eigenvalue weighted by Gasteiger charge is -2.20. The Bertz CT molecular complexity index is 612. The molecule has 116 valence electrons. The molecule has 8 nitrogen and oxygen atoms in total. The summed E-state index contributed by atoms with van der Waals surface area (Å²) in [6.07, 6.45) is 0. The number of amides is 2. The van der Waals surface area contributed by atoms with Gasteiger partial charge >= 0.3 is 11.9 Å². The van der Waals surface area contributed by atoms with Crippen LogP contribution in [0.15, 0.2) is 24.3 Å². The minimum Gasteiger partial charge on any atom is -0.481 e. The van der Waals surface area contributed by atoms with Crippen molar-refractivity contribution in [3.05, 3.63) is 35.4 Å². The Hall–Kier alpha value is -2.39. The molecular formula is C13H12N2O6S. The molecular weight excluding hydrogens is 312 g/mol. The first-order valence-electron chi connectivity index (χ1n) is 6.18. The number of carbonyl (C=O) groups is 4. The fraction of sp³-hybridized carbons (Fsp3) is 0.231. The molecule has 1 aliphatic heterocycles. The van der Waals surface area contributed by atoms with E-state index in [1.54, 1.807) is 12.1 Å². The first-order chi connectivity index (χ1) is 10.4. The fourth-order valence-corrected chi connectivity index (χ4v) is 2.64. The van der Waals surface area contributed by atoms with Gasteiger partial charge in [0.15, 0.2) is 0 Å². The molecule has 1 aromatic carbocycles. The van der Waals surface area contributed by atoms with E-state index < -0.39 is 29.8 Å². The minimum atomic E-state index is -1.28. The summed E-state index contributed by atoms with van der Waals surface area (Å²) in [5.41, 5.74) is 2.75. The second-order valence-electron chi connectivity index (χ2n) is 4.42. The van der Waals surface area contributed by atoms with Crippen molar-refractivity contribution in [3.8, 4) is 0 Å². The zero-order valence-electron chi connectivity index (χ0n) is 11.2. The van der Waals surface area contributed by atoms with Crippen molar-refractivity contribution in [2.75, 3.05) is 11.5 Å². The topological polar surface area (TPSA) is 124 Å². The van der Waals surface area contributed by atoms with Gasteiger partial charge < -0.3 is 10.2 Å². The highest BCUT2D eigenvalue weighted by Gasteiger charge is 2.37. The normalized spacial score (nSPS) is 14.8. The third-order valence-corrected chi connectivity index (χ3v) is 3.91. The Morgan fingerprint density at radius 2 is 1.68 bits per heavy atom. The number of hydrogen-bond acceptors (Lipinski definition) is 6. The van der Waals surface area contributed by atoms with Crippen LogP contribution < -0.4 is 5.43 Å². The molecule has 22 heavy (non-hydrogen) atoms. The summed E-state index contributed by atoms with van der Waals surface area (Å²) >= 11 is 0.875. The van der Waals surface area contributed by atoms with Crippen LogP contribution in [0.3, 0.4) is 0 Å². The maximum Gasteiger partial charge on any atom is 0.323 e. The van der Waals surface area contributed by atoms with Gasteiger partial charge in [0.05, 0.1) is 16.9 Å². The van der Waals surface area contributed by atoms with E-state index in [-0.39, 0.29) is 22.6 Å². The van der Waals surface area contributed by atoms with Crippen molar-refractivity contribution in [2.24, 2.45) is 0 Å². The molecule has 9 heteroatoms. The van der Waals surface area contributed by atoms with Gasteiger partial charge in [-0.15, -0.1) is 11.8 Å². The average Bonchev–Trinajstić information content (AvgIpc) is 2.71. The van der Waals surface area contributed by atoms with Crippen molar-refractivity contribution in [2.45, 2.75) is 6.04 Å². The molecule has 0 aliphatic carbocycles. The molecule has 3 N–H and O–H groups in total. The van der Waals surface area contributed by atoms with Gasteiger partial charge in [0.2, 0.25) is 0 Å². The number of carbonyl (C=O) groups excluding carboxylic acids is 2. The Kier molecular flexibility index (Phi) is 4.78. The largest absolute Gasteiger partial charge is 0.481 e. The number of hydrogen-bond donors (Lipinski definition) is 3. The van der Waals surface area contributed by atoms with Crippen molar-refractivity contribution >= 4 is 35.5 Å². The van der Waals surface area contributed by atoms with Crippen LogP contribution in [0.25, 0.3) is 0 Å². The van der Waals surface area contributed by atoms with Crippen molar-refractivity contribution in [3.63, 3.8) is 0 Å². The predicted molar refractivity (Wildman–Crippen MR) is 76.5 cm³/mol. The maximum absolute atomic E-state index is 12.1. The summed E-state index contributed by atoms with van der Waals surface area (Å²) in [7, 11) is 0. The number of nitrogens with one attached hydrogen (secondary N) is 1. The number of benzene rings is 1. The third-order valence-electron chi connectivity index (χ3n) is 2.89. The number of fused-ring (bicyclic) bond motifs is 1. The molecule has 0 spiro atoms. The zero-order valence-corrected chi connectivity index (χ0v) is 12.0. The average molecular weight is 324 g/mol. The van der Waals surface area contributed by atoms with Gasteiger partial charge in [0.1, 0.15) is 6.04 Å². The van der Waals surface area contributed by atoms with Crippen molar-refractivity contribution in [1.82, 2.24) is 10.4 Å². The number of rotatable bonds is 7. The Morgan fingerprint density at radius 1 is 1.14 bits per heavy atom. The molecule has 0 bridgehead atoms. The molecule has 0 saturated heterocycles. The SMILES string of the molecule is O=C(O)CSCC(NN1C(=O)c2ccccc2C1=O)C(=O)O. The molecule has 0 aromatic heterocycles. The van der Waals surface area contributed by atoms with E-state index in [2.05, 4.69) is 5.43 Å². The number of carboxylic acids is 2. The summed E-state index contributed by atoms with van der Waals surface area (Å²) in [6, 6.07) is 4.90. The molecule has 1 unspecified atom stereocenters. The van der Waals surface area contributed by atoms with Crippen LogP contribution in [0.4, 0.5) is 0 Å². The van der Waals surface area contributed by atoms with Crippen LogP contribution in [-0.4, -0.2) is 56.5 Å². The van der Waals surface area contributed by atoms with Gasteiger partial charge in [0.25, 0.3) is 11.8 Å². The molecule has 1 aliphatic rings. The van der Waals surface area contributed by atoms with Crippen molar-refractivity contribution < 1.29 is 29.4 Å². The highest BCUT2D eigenvalue weighted by Crippen LogP contribution is 2.21. The molecule has 2 amide bonds. The first-order valence-corrected chi connectivity index (χ1v) is 7.33. The van der Waals surface area contributed by atoms with E-state index in [9.17, 15) is 19.2 Å². The van der Waals surface area contributed by atoms with Gasteiger partial charge in [-0.2, -0.15) is 0 Å². The van der Waals surface area contributed by atoms with Crippen LogP contribution in [0, 0.1) is 0 Å². The molecule has 1 heterocycles. The van der Waals surface area contributed by atoms with Gasteiger partial charge in [-0.1, -0.05) is 12.1 Å². The first kappa shape index (κ1) is 16.0. The predicted octanol–water partition coefficient (Wildman–Crippen LogP) is 0.0582. The number of hydrazine groups is 1. The Balaban J connectivity index is 2.08. The number of thioether (sulfide) groups is 1. The smallest absolute Gasteiger partial charge is 0.323 e. The molecule has 0 saturated carbocycles. The number of aliphatic carboxylic acids is 2. The summed E-state index contributed by atoms with van der Waals surface area (Å²) in [4.78, 5) is 45.8. The Morgan fingerprint density at radius 3 is 2.14 bits per heavy atom. The maximum atomic E-state index is 12.1. The second kappa shape index (κ2) is 6.58. The zero-order chi connectivity index (χ0) is 16.3. The Labute approximate surface area is 129 Å². The standard InChI is InChI=1S/C13H12N2O6S/c16-10(17)6-22-5-9(13(20)21)14-15-11(18)7-3-1-2-4-8(7)12(15)19/h1-4,9,14H,5-6H2,(H,16,17)(H,20,21).